The minimum absolute atomic E-state index is 0.0440. The molecule has 0 spiro atoms. The lowest BCUT2D eigenvalue weighted by Gasteiger charge is -2.26. The van der Waals surface area contributed by atoms with Crippen LogP contribution in [0.2, 0.25) is 10.0 Å². The molecule has 0 aliphatic rings. The van der Waals surface area contributed by atoms with Crippen molar-refractivity contribution in [1.82, 2.24) is 0 Å². The molecule has 1 unspecified atom stereocenters. The summed E-state index contributed by atoms with van der Waals surface area (Å²) < 4.78 is 10.6. The molecule has 0 N–H and O–H groups in total. The van der Waals surface area contributed by atoms with E-state index in [1.54, 1.807) is 18.2 Å². The molecular weight excluding hydrogens is 314 g/mol. The molecular formula is C15H19Cl2O2P. The zero-order valence-electron chi connectivity index (χ0n) is 12.0. The summed E-state index contributed by atoms with van der Waals surface area (Å²) in [5.74, 6) is 0.260. The molecule has 0 heterocycles. The van der Waals surface area contributed by atoms with E-state index in [1.807, 2.05) is 20.8 Å². The minimum Gasteiger partial charge on any atom is -0.294 e. The van der Waals surface area contributed by atoms with Gasteiger partial charge in [-0.15, -0.1) is 0 Å². The highest BCUT2D eigenvalue weighted by molar-refractivity contribution is 7.23. The summed E-state index contributed by atoms with van der Waals surface area (Å²) in [7, 11) is 0.153. The fraction of sp³-hybridized carbons (Fsp3) is 0.533. The predicted molar refractivity (Wildman–Crippen MR) is 85.4 cm³/mol. The second kappa shape index (κ2) is 7.54. The van der Waals surface area contributed by atoms with Crippen LogP contribution in [0.15, 0.2) is 18.2 Å². The molecule has 1 rings (SSSR count). The van der Waals surface area contributed by atoms with Gasteiger partial charge in [-0.25, -0.2) is 0 Å². The van der Waals surface area contributed by atoms with Crippen molar-refractivity contribution >= 4 is 37.4 Å². The third kappa shape index (κ3) is 5.16. The molecule has 0 aromatic heterocycles. The van der Waals surface area contributed by atoms with Crippen molar-refractivity contribution in [2.75, 3.05) is 6.16 Å². The van der Waals surface area contributed by atoms with Crippen molar-refractivity contribution in [2.24, 2.45) is 11.3 Å². The molecule has 1 aromatic rings. The van der Waals surface area contributed by atoms with Gasteiger partial charge in [-0.1, -0.05) is 50.0 Å². The Balaban J connectivity index is 2.81. The van der Waals surface area contributed by atoms with Crippen LogP contribution < -0.4 is 0 Å². The number of hydrogen-bond donors (Lipinski definition) is 0. The summed E-state index contributed by atoms with van der Waals surface area (Å²) in [5, 5.41) is 0.786. The highest BCUT2D eigenvalue weighted by Gasteiger charge is 2.27. The van der Waals surface area contributed by atoms with Gasteiger partial charge in [0, 0.05) is 12.6 Å². The smallest absolute Gasteiger partial charge is 0.166 e. The van der Waals surface area contributed by atoms with Crippen molar-refractivity contribution in [3.05, 3.63) is 33.8 Å². The fourth-order valence-corrected chi connectivity index (χ4v) is 3.49. The molecule has 110 valence electrons. The Morgan fingerprint density at radius 1 is 1.30 bits per heavy atom. The fourth-order valence-electron chi connectivity index (χ4n) is 2.49. The van der Waals surface area contributed by atoms with Crippen LogP contribution in [-0.4, -0.2) is 11.9 Å². The number of hydrogen-bond acceptors (Lipinski definition) is 2. The Hall–Kier alpha value is -0.430. The van der Waals surface area contributed by atoms with Crippen LogP contribution in [0.4, 0.5) is 0 Å². The normalized spacial score (nSPS) is 13.4. The minimum atomic E-state index is -0.177. The maximum Gasteiger partial charge on any atom is 0.166 e. The number of halogens is 2. The molecule has 2 nitrogen and oxygen atoms in total. The van der Waals surface area contributed by atoms with Crippen molar-refractivity contribution in [3.8, 4) is 0 Å². The zero-order chi connectivity index (χ0) is 15.3. The van der Waals surface area contributed by atoms with E-state index in [-0.39, 0.29) is 19.7 Å². The van der Waals surface area contributed by atoms with Gasteiger partial charge < -0.3 is 0 Å². The lowest BCUT2D eigenvalue weighted by atomic mass is 9.79. The number of benzene rings is 1. The molecule has 20 heavy (non-hydrogen) atoms. The average Bonchev–Trinajstić information content (AvgIpc) is 2.26. The van der Waals surface area contributed by atoms with Gasteiger partial charge in [0.1, 0.15) is 0 Å². The van der Waals surface area contributed by atoms with Gasteiger partial charge >= 0.3 is 0 Å². The van der Waals surface area contributed by atoms with Crippen LogP contribution in [-0.2, 0) is 4.57 Å². The third-order valence-electron chi connectivity index (χ3n) is 3.17. The Morgan fingerprint density at radius 3 is 2.35 bits per heavy atom. The first-order chi connectivity index (χ1) is 9.26. The summed E-state index contributed by atoms with van der Waals surface area (Å²) in [6.45, 7) is 6.11. The molecule has 0 amide bonds. The van der Waals surface area contributed by atoms with Crippen LogP contribution >= 0.6 is 31.7 Å². The lowest BCUT2D eigenvalue weighted by Crippen LogP contribution is -2.21. The van der Waals surface area contributed by atoms with Crippen LogP contribution in [0.3, 0.4) is 0 Å². The van der Waals surface area contributed by atoms with Gasteiger partial charge in [0.15, 0.2) is 14.2 Å². The predicted octanol–water partition coefficient (Wildman–Crippen LogP) is 5.91. The molecule has 0 saturated carbocycles. The average molecular weight is 333 g/mol. The SMILES string of the molecule is CC(CP=O)CC(C)(C)CC(=O)c1c(Cl)cccc1Cl. The number of Topliss-reactive ketones (excluding diaryl/α,β-unsaturated/α-hetero) is 1. The zero-order valence-corrected chi connectivity index (χ0v) is 14.4. The van der Waals surface area contributed by atoms with E-state index in [2.05, 4.69) is 0 Å². The second-order valence-electron chi connectivity index (χ2n) is 5.98. The van der Waals surface area contributed by atoms with Crippen LogP contribution in [0.25, 0.3) is 0 Å². The topological polar surface area (TPSA) is 34.1 Å². The maximum atomic E-state index is 12.4. The molecule has 0 bridgehead atoms. The van der Waals surface area contributed by atoms with E-state index in [4.69, 9.17) is 23.2 Å². The van der Waals surface area contributed by atoms with E-state index < -0.39 is 0 Å². The first-order valence-corrected chi connectivity index (χ1v) is 8.28. The summed E-state index contributed by atoms with van der Waals surface area (Å²) >= 11 is 12.1. The first-order valence-electron chi connectivity index (χ1n) is 6.53. The molecule has 0 fully saturated rings. The number of carbonyl (C=O) groups is 1. The molecule has 5 heteroatoms. The molecule has 1 atom stereocenters. The van der Waals surface area contributed by atoms with E-state index in [1.165, 1.54) is 0 Å². The van der Waals surface area contributed by atoms with Gasteiger partial charge in [0.25, 0.3) is 0 Å². The molecule has 0 saturated heterocycles. The largest absolute Gasteiger partial charge is 0.294 e. The Bertz CT molecular complexity index is 480. The second-order valence-corrected chi connectivity index (χ2v) is 7.42. The molecule has 0 aliphatic heterocycles. The number of rotatable bonds is 7. The third-order valence-corrected chi connectivity index (χ3v) is 4.57. The summed E-state index contributed by atoms with van der Waals surface area (Å²) in [6.07, 6.45) is 1.82. The number of ketones is 1. The number of carbonyl (C=O) groups excluding carboxylic acids is 1. The molecule has 0 radical (unpaired) electrons. The Kier molecular flexibility index (Phi) is 6.64. The Morgan fingerprint density at radius 2 is 1.85 bits per heavy atom. The van der Waals surface area contributed by atoms with Gasteiger partial charge in [0.2, 0.25) is 0 Å². The van der Waals surface area contributed by atoms with Crippen molar-refractivity contribution < 1.29 is 9.36 Å². The van der Waals surface area contributed by atoms with Crippen LogP contribution in [0.5, 0.6) is 0 Å². The highest BCUT2D eigenvalue weighted by Crippen LogP contribution is 2.34. The first kappa shape index (κ1) is 17.6. The van der Waals surface area contributed by atoms with E-state index in [9.17, 15) is 9.36 Å². The Labute approximate surface area is 132 Å². The van der Waals surface area contributed by atoms with Crippen LogP contribution in [0, 0.1) is 11.3 Å². The van der Waals surface area contributed by atoms with E-state index in [0.717, 1.165) is 6.42 Å². The van der Waals surface area contributed by atoms with Crippen molar-refractivity contribution in [3.63, 3.8) is 0 Å². The lowest BCUT2D eigenvalue weighted by molar-refractivity contribution is 0.0918. The van der Waals surface area contributed by atoms with Gasteiger partial charge in [-0.05, 0) is 29.9 Å². The maximum absolute atomic E-state index is 12.4. The van der Waals surface area contributed by atoms with Gasteiger partial charge in [0.05, 0.1) is 15.6 Å². The van der Waals surface area contributed by atoms with Crippen LogP contribution in [0.1, 0.15) is 44.0 Å². The summed E-state index contributed by atoms with van der Waals surface area (Å²) in [4.78, 5) is 12.4. The van der Waals surface area contributed by atoms with Gasteiger partial charge in [-0.3, -0.25) is 9.36 Å². The molecule has 1 aromatic carbocycles. The monoisotopic (exact) mass is 332 g/mol. The van der Waals surface area contributed by atoms with E-state index >= 15 is 0 Å². The van der Waals surface area contributed by atoms with Crippen molar-refractivity contribution in [1.29, 1.82) is 0 Å². The standard InChI is InChI=1S/C15H19Cl2O2P/c1-10(9-20-19)7-15(2,3)8-13(18)14-11(16)5-4-6-12(14)17/h4-6,10H,7-9H2,1-3H3. The summed E-state index contributed by atoms with van der Waals surface area (Å²) in [5.41, 5.74) is 0.225. The highest BCUT2D eigenvalue weighted by atomic mass is 35.5. The van der Waals surface area contributed by atoms with Gasteiger partial charge in [-0.2, -0.15) is 0 Å². The molecule has 0 aliphatic carbocycles. The van der Waals surface area contributed by atoms with Crippen molar-refractivity contribution in [2.45, 2.75) is 33.6 Å². The van der Waals surface area contributed by atoms with E-state index in [0.29, 0.717) is 34.1 Å². The summed E-state index contributed by atoms with van der Waals surface area (Å²) in [6, 6.07) is 5.07. The quantitative estimate of drug-likeness (QED) is 0.459.